The molecule has 0 atom stereocenters. The maximum absolute atomic E-state index is 8.80. The van der Waals surface area contributed by atoms with Crippen molar-refractivity contribution < 1.29 is 0 Å². The zero-order valence-electron chi connectivity index (χ0n) is 11.5. The van der Waals surface area contributed by atoms with Crippen LogP contribution in [0.4, 0.5) is 11.5 Å². The molecular formula is C16H15ClN4. The summed E-state index contributed by atoms with van der Waals surface area (Å²) in [5.41, 5.74) is 1.68. The van der Waals surface area contributed by atoms with E-state index < -0.39 is 0 Å². The van der Waals surface area contributed by atoms with Gasteiger partial charge in [-0.25, -0.2) is 4.98 Å². The Hall–Kier alpha value is -2.25. The molecule has 2 aromatic rings. The molecule has 0 saturated carbocycles. The lowest BCUT2D eigenvalue weighted by Crippen LogP contribution is -2.46. The first-order valence-corrected chi connectivity index (χ1v) is 7.26. The van der Waals surface area contributed by atoms with Crippen molar-refractivity contribution in [2.45, 2.75) is 0 Å². The van der Waals surface area contributed by atoms with Crippen LogP contribution < -0.4 is 9.80 Å². The number of piperazine rings is 1. The predicted octanol–water partition coefficient (Wildman–Crippen LogP) is 2.93. The Kier molecular flexibility index (Phi) is 3.94. The summed E-state index contributed by atoms with van der Waals surface area (Å²) < 4.78 is 0. The van der Waals surface area contributed by atoms with Crippen LogP contribution in [-0.2, 0) is 0 Å². The predicted molar refractivity (Wildman–Crippen MR) is 84.8 cm³/mol. The van der Waals surface area contributed by atoms with E-state index in [1.807, 2.05) is 30.3 Å². The van der Waals surface area contributed by atoms with E-state index in [-0.39, 0.29) is 0 Å². The lowest BCUT2D eigenvalue weighted by Gasteiger charge is -2.37. The number of nitrogens with zero attached hydrogens (tertiary/aromatic N) is 4. The second-order valence-corrected chi connectivity index (χ2v) is 5.35. The summed E-state index contributed by atoms with van der Waals surface area (Å²) in [7, 11) is 0. The minimum Gasteiger partial charge on any atom is -0.367 e. The zero-order chi connectivity index (χ0) is 14.7. The minimum absolute atomic E-state index is 0.591. The zero-order valence-corrected chi connectivity index (χ0v) is 12.3. The maximum atomic E-state index is 8.80. The van der Waals surface area contributed by atoms with Crippen LogP contribution in [0.1, 0.15) is 5.56 Å². The van der Waals surface area contributed by atoms with Crippen LogP contribution in [0.3, 0.4) is 0 Å². The van der Waals surface area contributed by atoms with Crippen LogP contribution >= 0.6 is 11.6 Å². The molecule has 1 saturated heterocycles. The van der Waals surface area contributed by atoms with E-state index in [9.17, 15) is 0 Å². The van der Waals surface area contributed by atoms with Gasteiger partial charge in [0.05, 0.1) is 16.3 Å². The number of halogens is 1. The molecule has 0 unspecified atom stereocenters. The Bertz CT molecular complexity index is 655. The average Bonchev–Trinajstić information content (AvgIpc) is 2.56. The number of aromatic nitrogens is 1. The second-order valence-electron chi connectivity index (χ2n) is 4.94. The Morgan fingerprint density at radius 3 is 2.33 bits per heavy atom. The summed E-state index contributed by atoms with van der Waals surface area (Å²) in [6.07, 6.45) is 1.62. The molecule has 0 amide bonds. The third-order valence-corrected chi connectivity index (χ3v) is 3.99. The van der Waals surface area contributed by atoms with Crippen LogP contribution in [0.15, 0.2) is 42.6 Å². The monoisotopic (exact) mass is 298 g/mol. The van der Waals surface area contributed by atoms with E-state index in [0.29, 0.717) is 5.56 Å². The van der Waals surface area contributed by atoms with Crippen LogP contribution in [0, 0.1) is 11.3 Å². The first kappa shape index (κ1) is 13.7. The topological polar surface area (TPSA) is 43.2 Å². The summed E-state index contributed by atoms with van der Waals surface area (Å²) in [4.78, 5) is 8.87. The SMILES string of the molecule is N#Cc1ccc(N2CCN(c3ccccc3Cl)CC2)nc1. The summed E-state index contributed by atoms with van der Waals surface area (Å²) in [5.74, 6) is 0.924. The highest BCUT2D eigenvalue weighted by Crippen LogP contribution is 2.26. The van der Waals surface area contributed by atoms with Gasteiger partial charge in [-0.2, -0.15) is 5.26 Å². The van der Waals surface area contributed by atoms with Crippen molar-refractivity contribution in [3.05, 3.63) is 53.2 Å². The molecule has 21 heavy (non-hydrogen) atoms. The molecule has 0 spiro atoms. The smallest absolute Gasteiger partial charge is 0.128 e. The Balaban J connectivity index is 1.67. The summed E-state index contributed by atoms with van der Waals surface area (Å²) in [6, 6.07) is 13.7. The molecule has 1 aromatic heterocycles. The van der Waals surface area contributed by atoms with Crippen molar-refractivity contribution in [3.8, 4) is 6.07 Å². The van der Waals surface area contributed by atoms with Gasteiger partial charge in [0, 0.05) is 32.4 Å². The Labute approximate surface area is 129 Å². The van der Waals surface area contributed by atoms with Gasteiger partial charge in [-0.05, 0) is 24.3 Å². The number of nitriles is 1. The van der Waals surface area contributed by atoms with Crippen molar-refractivity contribution in [1.82, 2.24) is 4.98 Å². The molecule has 1 aliphatic heterocycles. The van der Waals surface area contributed by atoms with Gasteiger partial charge in [-0.15, -0.1) is 0 Å². The minimum atomic E-state index is 0.591. The lowest BCUT2D eigenvalue weighted by atomic mass is 10.2. The summed E-state index contributed by atoms with van der Waals surface area (Å²) in [6.45, 7) is 3.60. The molecular weight excluding hydrogens is 284 g/mol. The molecule has 0 N–H and O–H groups in total. The highest BCUT2D eigenvalue weighted by Gasteiger charge is 2.19. The highest BCUT2D eigenvalue weighted by molar-refractivity contribution is 6.33. The van der Waals surface area contributed by atoms with Gasteiger partial charge in [0.25, 0.3) is 0 Å². The van der Waals surface area contributed by atoms with Gasteiger partial charge in [-0.3, -0.25) is 0 Å². The quantitative estimate of drug-likeness (QED) is 0.855. The first-order valence-electron chi connectivity index (χ1n) is 6.88. The number of benzene rings is 1. The molecule has 4 nitrogen and oxygen atoms in total. The number of hydrogen-bond acceptors (Lipinski definition) is 4. The van der Waals surface area contributed by atoms with Gasteiger partial charge in [0.15, 0.2) is 0 Å². The molecule has 1 aromatic carbocycles. The molecule has 0 radical (unpaired) electrons. The van der Waals surface area contributed by atoms with E-state index in [1.165, 1.54) is 0 Å². The Morgan fingerprint density at radius 2 is 1.71 bits per heavy atom. The number of pyridine rings is 1. The van der Waals surface area contributed by atoms with Crippen molar-refractivity contribution in [3.63, 3.8) is 0 Å². The van der Waals surface area contributed by atoms with Crippen LogP contribution in [-0.4, -0.2) is 31.2 Å². The molecule has 1 aliphatic rings. The van der Waals surface area contributed by atoms with E-state index in [4.69, 9.17) is 16.9 Å². The third kappa shape index (κ3) is 2.93. The van der Waals surface area contributed by atoms with Crippen LogP contribution in [0.5, 0.6) is 0 Å². The fourth-order valence-electron chi connectivity index (χ4n) is 2.52. The first-order chi connectivity index (χ1) is 10.3. The van der Waals surface area contributed by atoms with E-state index in [1.54, 1.807) is 6.20 Å². The summed E-state index contributed by atoms with van der Waals surface area (Å²) in [5, 5.41) is 9.60. The van der Waals surface area contributed by atoms with Crippen molar-refractivity contribution >= 4 is 23.1 Å². The Morgan fingerprint density at radius 1 is 1.00 bits per heavy atom. The second kappa shape index (κ2) is 6.02. The van der Waals surface area contributed by atoms with E-state index in [0.717, 1.165) is 42.7 Å². The van der Waals surface area contributed by atoms with Gasteiger partial charge < -0.3 is 9.80 Å². The van der Waals surface area contributed by atoms with Crippen LogP contribution in [0.25, 0.3) is 0 Å². The molecule has 5 heteroatoms. The molecule has 3 rings (SSSR count). The third-order valence-electron chi connectivity index (χ3n) is 3.67. The molecule has 106 valence electrons. The molecule has 1 fully saturated rings. The van der Waals surface area contributed by atoms with Crippen molar-refractivity contribution in [2.24, 2.45) is 0 Å². The number of anilines is 2. The molecule has 0 aliphatic carbocycles. The van der Waals surface area contributed by atoms with Crippen LogP contribution in [0.2, 0.25) is 5.02 Å². The van der Waals surface area contributed by atoms with Gasteiger partial charge in [0.1, 0.15) is 11.9 Å². The van der Waals surface area contributed by atoms with E-state index >= 15 is 0 Å². The molecule has 2 heterocycles. The number of para-hydroxylation sites is 1. The molecule has 0 bridgehead atoms. The average molecular weight is 299 g/mol. The van der Waals surface area contributed by atoms with Crippen molar-refractivity contribution in [1.29, 1.82) is 5.26 Å². The standard InChI is InChI=1S/C16H15ClN4/c17-14-3-1-2-4-15(14)20-7-9-21(10-8-20)16-6-5-13(11-18)12-19-16/h1-6,12H,7-10H2. The maximum Gasteiger partial charge on any atom is 0.128 e. The highest BCUT2D eigenvalue weighted by atomic mass is 35.5. The normalized spacial score (nSPS) is 14.9. The largest absolute Gasteiger partial charge is 0.367 e. The number of rotatable bonds is 2. The fraction of sp³-hybridized carbons (Fsp3) is 0.250. The van der Waals surface area contributed by atoms with Crippen molar-refractivity contribution in [2.75, 3.05) is 36.0 Å². The summed E-state index contributed by atoms with van der Waals surface area (Å²) >= 11 is 6.25. The number of hydrogen-bond donors (Lipinski definition) is 0. The fourth-order valence-corrected chi connectivity index (χ4v) is 2.78. The lowest BCUT2D eigenvalue weighted by molar-refractivity contribution is 0.647. The van der Waals surface area contributed by atoms with E-state index in [2.05, 4.69) is 26.9 Å². The van der Waals surface area contributed by atoms with Gasteiger partial charge in [-0.1, -0.05) is 23.7 Å². The van der Waals surface area contributed by atoms with Gasteiger partial charge >= 0.3 is 0 Å². The van der Waals surface area contributed by atoms with Gasteiger partial charge in [0.2, 0.25) is 0 Å².